The lowest BCUT2D eigenvalue weighted by molar-refractivity contribution is 0.299. The third kappa shape index (κ3) is 8.80. The van der Waals surface area contributed by atoms with Crippen LogP contribution < -0.4 is 9.47 Å². The second-order valence-corrected chi connectivity index (χ2v) is 10.5. The van der Waals surface area contributed by atoms with Crippen LogP contribution in [0.15, 0.2) is 90.5 Å². The monoisotopic (exact) mass is 508 g/mol. The first-order valence-corrected chi connectivity index (χ1v) is 13.8. The Morgan fingerprint density at radius 2 is 1.61 bits per heavy atom. The van der Waals surface area contributed by atoms with Gasteiger partial charge in [-0.3, -0.25) is 0 Å². The maximum Gasteiger partial charge on any atom is 0.123 e. The molecule has 0 atom stereocenters. The van der Waals surface area contributed by atoms with Gasteiger partial charge in [-0.15, -0.1) is 0 Å². The Kier molecular flexibility index (Phi) is 11.0. The van der Waals surface area contributed by atoms with Crippen molar-refractivity contribution in [2.24, 2.45) is 5.92 Å². The maximum absolute atomic E-state index is 6.31. The van der Waals surface area contributed by atoms with E-state index in [1.54, 1.807) is 5.57 Å². The summed E-state index contributed by atoms with van der Waals surface area (Å²) in [6.45, 7) is 18.3. The molecule has 0 fully saturated rings. The molecular weight excluding hydrogens is 464 g/mol. The van der Waals surface area contributed by atoms with Gasteiger partial charge in [0.1, 0.15) is 24.7 Å². The van der Waals surface area contributed by atoms with Crippen molar-refractivity contribution in [2.45, 2.75) is 67.4 Å². The van der Waals surface area contributed by atoms with E-state index in [0.29, 0.717) is 19.1 Å². The number of hydrogen-bond acceptors (Lipinski definition) is 2. The second-order valence-electron chi connectivity index (χ2n) is 10.5. The molecule has 0 aromatic heterocycles. The van der Waals surface area contributed by atoms with Crippen molar-refractivity contribution < 1.29 is 9.47 Å². The van der Waals surface area contributed by atoms with Gasteiger partial charge in [0.15, 0.2) is 0 Å². The third-order valence-corrected chi connectivity index (χ3v) is 6.91. The van der Waals surface area contributed by atoms with E-state index in [-0.39, 0.29) is 0 Å². The zero-order chi connectivity index (χ0) is 27.5. The van der Waals surface area contributed by atoms with Crippen LogP contribution in [-0.2, 0) is 13.0 Å². The van der Waals surface area contributed by atoms with Crippen LogP contribution >= 0.6 is 0 Å². The summed E-state index contributed by atoms with van der Waals surface area (Å²) in [7, 11) is 0. The molecule has 0 saturated carbocycles. The molecule has 0 N–H and O–H groups in total. The van der Waals surface area contributed by atoms with Gasteiger partial charge in [-0.05, 0) is 97.0 Å². The Morgan fingerprint density at radius 1 is 0.895 bits per heavy atom. The van der Waals surface area contributed by atoms with Crippen molar-refractivity contribution >= 4 is 6.08 Å². The van der Waals surface area contributed by atoms with Crippen LogP contribution in [0.2, 0.25) is 0 Å². The lowest BCUT2D eigenvalue weighted by Crippen LogP contribution is -2.05. The van der Waals surface area contributed by atoms with E-state index in [0.717, 1.165) is 41.9 Å². The van der Waals surface area contributed by atoms with Crippen LogP contribution in [0.5, 0.6) is 11.5 Å². The Bertz CT molecular complexity index is 1280. The summed E-state index contributed by atoms with van der Waals surface area (Å²) < 4.78 is 12.4. The predicted molar refractivity (Wildman–Crippen MR) is 163 cm³/mol. The molecule has 0 unspecified atom stereocenters. The molecular formula is C36H44O2. The molecule has 0 amide bonds. The normalized spacial score (nSPS) is 11.8. The first kappa shape index (κ1) is 29.0. The van der Waals surface area contributed by atoms with Gasteiger partial charge in [-0.1, -0.05) is 93.6 Å². The van der Waals surface area contributed by atoms with Gasteiger partial charge < -0.3 is 9.47 Å². The van der Waals surface area contributed by atoms with Gasteiger partial charge in [-0.2, -0.15) is 0 Å². The molecule has 0 bridgehead atoms. The summed E-state index contributed by atoms with van der Waals surface area (Å²) >= 11 is 0. The molecule has 3 rings (SSSR count). The van der Waals surface area contributed by atoms with E-state index < -0.39 is 0 Å². The van der Waals surface area contributed by atoms with E-state index in [1.165, 1.54) is 27.8 Å². The molecule has 0 saturated heterocycles. The number of benzene rings is 3. The van der Waals surface area contributed by atoms with Crippen LogP contribution in [0, 0.1) is 26.7 Å². The largest absolute Gasteiger partial charge is 0.489 e. The Balaban J connectivity index is 1.64. The van der Waals surface area contributed by atoms with Crippen molar-refractivity contribution in [3.63, 3.8) is 0 Å². The average molecular weight is 509 g/mol. The molecule has 2 nitrogen and oxygen atoms in total. The molecule has 0 spiro atoms. The first-order valence-electron chi connectivity index (χ1n) is 13.8. The maximum atomic E-state index is 6.31. The lowest BCUT2D eigenvalue weighted by Gasteiger charge is -2.17. The molecule has 2 heteroatoms. The van der Waals surface area contributed by atoms with Crippen molar-refractivity contribution in [2.75, 3.05) is 6.61 Å². The number of rotatable bonds is 13. The topological polar surface area (TPSA) is 18.5 Å². The van der Waals surface area contributed by atoms with Gasteiger partial charge >= 0.3 is 0 Å². The zero-order valence-corrected chi connectivity index (χ0v) is 24.1. The summed E-state index contributed by atoms with van der Waals surface area (Å²) in [5, 5.41) is 0. The number of allylic oxidation sites excluding steroid dienone is 2. The van der Waals surface area contributed by atoms with E-state index in [2.05, 4.69) is 103 Å². The van der Waals surface area contributed by atoms with E-state index in [9.17, 15) is 0 Å². The number of ether oxygens (including phenoxy) is 2. The van der Waals surface area contributed by atoms with Gasteiger partial charge in [0.2, 0.25) is 0 Å². The molecule has 0 aliphatic carbocycles. The van der Waals surface area contributed by atoms with Gasteiger partial charge in [-0.25, -0.2) is 0 Å². The van der Waals surface area contributed by atoms with Gasteiger partial charge in [0.05, 0.1) is 0 Å². The van der Waals surface area contributed by atoms with Gasteiger partial charge in [0, 0.05) is 6.07 Å². The summed E-state index contributed by atoms with van der Waals surface area (Å²) in [5.74, 6) is 2.20. The van der Waals surface area contributed by atoms with Crippen molar-refractivity contribution in [3.8, 4) is 11.5 Å². The highest BCUT2D eigenvalue weighted by molar-refractivity contribution is 5.56. The van der Waals surface area contributed by atoms with Crippen LogP contribution in [0.3, 0.4) is 0 Å². The Morgan fingerprint density at radius 3 is 2.32 bits per heavy atom. The summed E-state index contributed by atoms with van der Waals surface area (Å²) in [4.78, 5) is 0. The standard InChI is InChI=1S/C36H44O2/c1-8-12-31(26(2)3)19-20-36-30(7)14-11-16-33(36)25-38-35-22-28(5)21-34(23-35)37-24-27(4)17-18-32-15-10-9-13-29(32)6/h9-18,21-23,26H,4,8,19-20,24-25H2,1-3,5-7H3/b18-17-,31-12+. The Hall–Kier alpha value is -3.52. The minimum atomic E-state index is 0.427. The first-order chi connectivity index (χ1) is 18.3. The fourth-order valence-corrected chi connectivity index (χ4v) is 4.66. The van der Waals surface area contributed by atoms with Crippen molar-refractivity contribution in [3.05, 3.63) is 124 Å². The highest BCUT2D eigenvalue weighted by Gasteiger charge is 2.10. The molecule has 0 radical (unpaired) electrons. The minimum Gasteiger partial charge on any atom is -0.489 e. The average Bonchev–Trinajstić information content (AvgIpc) is 2.88. The van der Waals surface area contributed by atoms with Crippen LogP contribution in [0.4, 0.5) is 0 Å². The summed E-state index contributed by atoms with van der Waals surface area (Å²) in [6.07, 6.45) is 9.72. The molecule has 200 valence electrons. The fourth-order valence-electron chi connectivity index (χ4n) is 4.66. The van der Waals surface area contributed by atoms with E-state index >= 15 is 0 Å². The minimum absolute atomic E-state index is 0.427. The van der Waals surface area contributed by atoms with Crippen molar-refractivity contribution in [1.82, 2.24) is 0 Å². The highest BCUT2D eigenvalue weighted by Crippen LogP contribution is 2.26. The number of aryl methyl sites for hydroxylation is 3. The fraction of sp³-hybridized carbons (Fsp3) is 0.333. The second kappa shape index (κ2) is 14.4. The summed E-state index contributed by atoms with van der Waals surface area (Å²) in [6, 6.07) is 20.9. The smallest absolute Gasteiger partial charge is 0.123 e. The van der Waals surface area contributed by atoms with Crippen LogP contribution in [0.25, 0.3) is 6.08 Å². The van der Waals surface area contributed by atoms with Crippen molar-refractivity contribution in [1.29, 1.82) is 0 Å². The molecule has 3 aromatic carbocycles. The molecule has 0 aliphatic rings. The van der Waals surface area contributed by atoms with E-state index in [4.69, 9.17) is 9.47 Å². The van der Waals surface area contributed by atoms with E-state index in [1.807, 2.05) is 24.3 Å². The molecule has 3 aromatic rings. The Labute approximate surface area is 230 Å². The lowest BCUT2D eigenvalue weighted by atomic mass is 9.91. The highest BCUT2D eigenvalue weighted by atomic mass is 16.5. The summed E-state index contributed by atoms with van der Waals surface area (Å²) in [5.41, 5.74) is 9.98. The third-order valence-electron chi connectivity index (χ3n) is 6.91. The molecule has 38 heavy (non-hydrogen) atoms. The van der Waals surface area contributed by atoms with Gasteiger partial charge in [0.25, 0.3) is 0 Å². The van der Waals surface area contributed by atoms with Crippen LogP contribution in [0.1, 0.15) is 67.0 Å². The van der Waals surface area contributed by atoms with Crippen LogP contribution in [-0.4, -0.2) is 6.61 Å². The predicted octanol–water partition coefficient (Wildman–Crippen LogP) is 9.76. The SMILES string of the molecule is C=C(/C=C\c1ccccc1C)COc1cc(C)cc(OCc2cccc(C)c2CC/C(=C\CC)C(C)C)c1. The molecule has 0 heterocycles. The quantitative estimate of drug-likeness (QED) is 0.169. The number of hydrogen-bond donors (Lipinski definition) is 0. The zero-order valence-electron chi connectivity index (χ0n) is 24.1. The molecule has 0 aliphatic heterocycles.